The molecule has 0 aromatic rings. The monoisotopic (exact) mass is 229 g/mol. The Morgan fingerprint density at radius 1 is 1.31 bits per heavy atom. The number of nitrogens with zero attached hydrogens (tertiary/aromatic N) is 1. The zero-order valence-corrected chi connectivity index (χ0v) is 9.92. The third-order valence-corrected chi connectivity index (χ3v) is 4.04. The Hall–Kier alpha value is -0.650. The van der Waals surface area contributed by atoms with Gasteiger partial charge < -0.3 is 14.6 Å². The van der Waals surface area contributed by atoms with Crippen molar-refractivity contribution in [3.8, 4) is 0 Å². The van der Waals surface area contributed by atoms with Gasteiger partial charge in [0.15, 0.2) is 0 Å². The Morgan fingerprint density at radius 3 is 2.56 bits per heavy atom. The average Bonchev–Trinajstić information content (AvgIpc) is 2.48. The first-order valence-corrected chi connectivity index (χ1v) is 5.60. The lowest BCUT2D eigenvalue weighted by atomic mass is 9.88. The highest BCUT2D eigenvalue weighted by molar-refractivity contribution is 5.74. The van der Waals surface area contributed by atoms with E-state index in [9.17, 15) is 9.90 Å². The standard InChI is InChI=1S/C11H19NO4/c1-12-6-4-8(13)10(11(14)16-3)7(12)5-9(6)15-2/h6-10,13H,4-5H2,1-3H3/t6-,7-,8+,9+,10-/m0/s1. The summed E-state index contributed by atoms with van der Waals surface area (Å²) in [4.78, 5) is 13.8. The molecule has 0 unspecified atom stereocenters. The number of aliphatic hydroxyl groups excluding tert-OH is 1. The first-order valence-electron chi connectivity index (χ1n) is 5.60. The van der Waals surface area contributed by atoms with Crippen LogP contribution in [-0.2, 0) is 14.3 Å². The van der Waals surface area contributed by atoms with Crippen LogP contribution in [0.15, 0.2) is 0 Å². The number of ether oxygens (including phenoxy) is 2. The predicted molar refractivity (Wildman–Crippen MR) is 56.9 cm³/mol. The van der Waals surface area contributed by atoms with Crippen LogP contribution in [0.5, 0.6) is 0 Å². The summed E-state index contributed by atoms with van der Waals surface area (Å²) in [6.07, 6.45) is 0.859. The number of hydrogen-bond donors (Lipinski definition) is 1. The number of likely N-dealkylation sites (N-methyl/N-ethyl adjacent to an activating group) is 1. The molecule has 16 heavy (non-hydrogen) atoms. The summed E-state index contributed by atoms with van der Waals surface area (Å²) in [7, 11) is 5.03. The van der Waals surface area contributed by atoms with Crippen LogP contribution in [0, 0.1) is 5.92 Å². The van der Waals surface area contributed by atoms with Gasteiger partial charge in [-0.05, 0) is 19.9 Å². The van der Waals surface area contributed by atoms with Crippen LogP contribution >= 0.6 is 0 Å². The molecule has 5 nitrogen and oxygen atoms in total. The van der Waals surface area contributed by atoms with E-state index in [1.807, 2.05) is 7.05 Å². The highest BCUT2D eigenvalue weighted by Crippen LogP contribution is 2.39. The van der Waals surface area contributed by atoms with Crippen LogP contribution in [-0.4, -0.2) is 61.5 Å². The number of hydrogen-bond acceptors (Lipinski definition) is 5. The van der Waals surface area contributed by atoms with E-state index in [-0.39, 0.29) is 24.2 Å². The molecule has 0 saturated carbocycles. The molecular weight excluding hydrogens is 210 g/mol. The highest BCUT2D eigenvalue weighted by Gasteiger charge is 2.53. The van der Waals surface area contributed by atoms with Crippen molar-refractivity contribution >= 4 is 5.97 Å². The Balaban J connectivity index is 2.21. The van der Waals surface area contributed by atoms with E-state index in [4.69, 9.17) is 9.47 Å². The van der Waals surface area contributed by atoms with Crippen LogP contribution in [0.1, 0.15) is 12.8 Å². The topological polar surface area (TPSA) is 59.0 Å². The normalized spacial score (nSPS) is 43.4. The molecule has 0 spiro atoms. The van der Waals surface area contributed by atoms with E-state index in [0.717, 1.165) is 6.42 Å². The number of rotatable bonds is 2. The molecule has 0 aromatic carbocycles. The van der Waals surface area contributed by atoms with E-state index in [1.165, 1.54) is 7.11 Å². The zero-order chi connectivity index (χ0) is 11.9. The van der Waals surface area contributed by atoms with E-state index >= 15 is 0 Å². The molecule has 0 amide bonds. The van der Waals surface area contributed by atoms with Crippen LogP contribution in [0.25, 0.3) is 0 Å². The number of fused-ring (bicyclic) bond motifs is 2. The van der Waals surface area contributed by atoms with Crippen molar-refractivity contribution < 1.29 is 19.4 Å². The highest BCUT2D eigenvalue weighted by atomic mass is 16.5. The first-order chi connectivity index (χ1) is 7.60. The number of methoxy groups -OCH3 is 2. The van der Waals surface area contributed by atoms with Crippen molar-refractivity contribution in [1.29, 1.82) is 0 Å². The van der Waals surface area contributed by atoms with Crippen molar-refractivity contribution in [2.75, 3.05) is 21.3 Å². The summed E-state index contributed by atoms with van der Waals surface area (Å²) >= 11 is 0. The minimum atomic E-state index is -0.612. The van der Waals surface area contributed by atoms with Crippen LogP contribution in [0.3, 0.4) is 0 Å². The molecule has 2 aliphatic rings. The summed E-state index contributed by atoms with van der Waals surface area (Å²) in [5.41, 5.74) is 0. The Labute approximate surface area is 95.3 Å². The zero-order valence-electron chi connectivity index (χ0n) is 9.92. The van der Waals surface area contributed by atoms with Crippen molar-refractivity contribution in [2.24, 2.45) is 5.92 Å². The summed E-state index contributed by atoms with van der Waals surface area (Å²) in [5.74, 6) is -0.758. The second kappa shape index (κ2) is 4.31. The molecule has 2 aliphatic heterocycles. The van der Waals surface area contributed by atoms with Gasteiger partial charge in [0.2, 0.25) is 0 Å². The van der Waals surface area contributed by atoms with E-state index in [2.05, 4.69) is 4.90 Å². The number of carbonyl (C=O) groups is 1. The van der Waals surface area contributed by atoms with Gasteiger partial charge in [-0.3, -0.25) is 9.69 Å². The second-order valence-electron chi connectivity index (χ2n) is 4.66. The van der Waals surface area contributed by atoms with Gasteiger partial charge in [-0.1, -0.05) is 0 Å². The Bertz CT molecular complexity index is 283. The molecule has 0 aromatic heterocycles. The lowest BCUT2D eigenvalue weighted by Crippen LogP contribution is -2.53. The van der Waals surface area contributed by atoms with Crippen molar-refractivity contribution in [3.05, 3.63) is 0 Å². The number of esters is 1. The molecule has 5 heteroatoms. The van der Waals surface area contributed by atoms with Crippen molar-refractivity contribution in [2.45, 2.75) is 37.1 Å². The largest absolute Gasteiger partial charge is 0.469 e. The molecule has 5 atom stereocenters. The molecule has 92 valence electrons. The molecule has 2 rings (SSSR count). The SMILES string of the molecule is COC(=O)[C@@H]1[C@H](O)C[C@H]2[C@H](OC)C[C@@H]1N2C. The maximum atomic E-state index is 11.7. The third-order valence-electron chi connectivity index (χ3n) is 4.04. The molecular formula is C11H19NO4. The minimum absolute atomic E-state index is 0.0335. The molecule has 2 bridgehead atoms. The number of carbonyl (C=O) groups excluding carboxylic acids is 1. The fourth-order valence-corrected chi connectivity index (χ4v) is 3.14. The van der Waals surface area contributed by atoms with Gasteiger partial charge >= 0.3 is 5.97 Å². The molecule has 1 N–H and O–H groups in total. The quantitative estimate of drug-likeness (QED) is 0.655. The average molecular weight is 229 g/mol. The molecule has 2 heterocycles. The summed E-state index contributed by atoms with van der Waals surface area (Å²) in [6, 6.07) is 0.247. The smallest absolute Gasteiger partial charge is 0.312 e. The van der Waals surface area contributed by atoms with Gasteiger partial charge in [0.25, 0.3) is 0 Å². The molecule has 0 aliphatic carbocycles. The third kappa shape index (κ3) is 1.63. The van der Waals surface area contributed by atoms with E-state index in [0.29, 0.717) is 6.42 Å². The molecule has 2 saturated heterocycles. The fourth-order valence-electron chi connectivity index (χ4n) is 3.14. The van der Waals surface area contributed by atoms with Crippen molar-refractivity contribution in [1.82, 2.24) is 4.90 Å². The van der Waals surface area contributed by atoms with Gasteiger partial charge in [0.1, 0.15) is 0 Å². The van der Waals surface area contributed by atoms with Gasteiger partial charge in [0, 0.05) is 19.2 Å². The van der Waals surface area contributed by atoms with Gasteiger partial charge in [-0.2, -0.15) is 0 Å². The van der Waals surface area contributed by atoms with E-state index in [1.54, 1.807) is 7.11 Å². The lowest BCUT2D eigenvalue weighted by Gasteiger charge is -2.39. The van der Waals surface area contributed by atoms with Gasteiger partial charge in [-0.15, -0.1) is 0 Å². The number of piperidine rings is 1. The van der Waals surface area contributed by atoms with E-state index < -0.39 is 12.0 Å². The molecule has 2 fully saturated rings. The van der Waals surface area contributed by atoms with Gasteiger partial charge in [-0.25, -0.2) is 0 Å². The van der Waals surface area contributed by atoms with Gasteiger partial charge in [0.05, 0.1) is 25.2 Å². The maximum Gasteiger partial charge on any atom is 0.312 e. The lowest BCUT2D eigenvalue weighted by molar-refractivity contribution is -0.155. The Kier molecular flexibility index (Phi) is 3.19. The maximum absolute atomic E-state index is 11.7. The minimum Gasteiger partial charge on any atom is -0.469 e. The summed E-state index contributed by atoms with van der Waals surface area (Å²) < 4.78 is 10.2. The second-order valence-corrected chi connectivity index (χ2v) is 4.66. The summed E-state index contributed by atoms with van der Waals surface area (Å²) in [6.45, 7) is 0. The Morgan fingerprint density at radius 2 is 2.00 bits per heavy atom. The predicted octanol–water partition coefficient (Wildman–Crippen LogP) is -0.372. The first kappa shape index (κ1) is 11.8. The number of aliphatic hydroxyl groups is 1. The molecule has 0 radical (unpaired) electrons. The fraction of sp³-hybridized carbons (Fsp3) is 0.909. The van der Waals surface area contributed by atoms with Crippen LogP contribution in [0.4, 0.5) is 0 Å². The van der Waals surface area contributed by atoms with Crippen LogP contribution < -0.4 is 0 Å². The summed E-state index contributed by atoms with van der Waals surface area (Å²) in [5, 5.41) is 10.00. The van der Waals surface area contributed by atoms with Crippen LogP contribution in [0.2, 0.25) is 0 Å². The van der Waals surface area contributed by atoms with Crippen molar-refractivity contribution in [3.63, 3.8) is 0 Å².